The molecule has 1 saturated carbocycles. The molecule has 0 unspecified atom stereocenters. The Morgan fingerprint density at radius 1 is 0.944 bits per heavy atom. The van der Waals surface area contributed by atoms with Gasteiger partial charge in [-0.3, -0.25) is 9.69 Å². The number of nitrogens with one attached hydrogen (secondary N) is 1. The van der Waals surface area contributed by atoms with Gasteiger partial charge in [0, 0.05) is 28.1 Å². The lowest BCUT2D eigenvalue weighted by Crippen LogP contribution is -2.46. The molecular formula is C30H42N2O3S. The number of nitrogens with zero attached hydrogens (tertiary/aromatic N) is 1. The Morgan fingerprint density at radius 2 is 1.69 bits per heavy atom. The fourth-order valence-electron chi connectivity index (χ4n) is 4.65. The third-order valence-corrected chi connectivity index (χ3v) is 7.60. The van der Waals surface area contributed by atoms with Gasteiger partial charge in [-0.1, -0.05) is 75.8 Å². The molecule has 6 heteroatoms. The van der Waals surface area contributed by atoms with Crippen molar-refractivity contribution in [1.29, 1.82) is 0 Å². The zero-order valence-electron chi connectivity index (χ0n) is 22.0. The summed E-state index contributed by atoms with van der Waals surface area (Å²) >= 11 is 1.66. The number of unbranched alkanes of at least 4 members (excludes halogenated alkanes) is 4. The van der Waals surface area contributed by atoms with Crippen LogP contribution in [0.25, 0.3) is 0 Å². The lowest BCUT2D eigenvalue weighted by Gasteiger charge is -2.28. The SMILES string of the molecule is CCCCCCCN(C(=O)NC1CCCCC1)c1ccc(Sc2cccc(CC(=O)OCC)c2)cc1. The van der Waals surface area contributed by atoms with Crippen LogP contribution in [-0.2, 0) is 16.0 Å². The Morgan fingerprint density at radius 3 is 2.42 bits per heavy atom. The first-order valence-electron chi connectivity index (χ1n) is 13.7. The van der Waals surface area contributed by atoms with Crippen LogP contribution in [0.3, 0.4) is 0 Å². The average Bonchev–Trinajstić information content (AvgIpc) is 2.88. The molecule has 0 heterocycles. The summed E-state index contributed by atoms with van der Waals surface area (Å²) in [7, 11) is 0. The van der Waals surface area contributed by atoms with Crippen LogP contribution in [0, 0.1) is 0 Å². The third-order valence-electron chi connectivity index (χ3n) is 6.60. The van der Waals surface area contributed by atoms with Crippen molar-refractivity contribution >= 4 is 29.4 Å². The molecule has 1 N–H and O–H groups in total. The first-order chi connectivity index (χ1) is 17.6. The molecule has 0 radical (unpaired) electrons. The fourth-order valence-corrected chi connectivity index (χ4v) is 5.55. The molecule has 2 amide bonds. The predicted octanol–water partition coefficient (Wildman–Crippen LogP) is 7.76. The number of carbonyl (C=O) groups excluding carboxylic acids is 2. The van der Waals surface area contributed by atoms with Gasteiger partial charge in [0.2, 0.25) is 0 Å². The van der Waals surface area contributed by atoms with Gasteiger partial charge in [-0.05, 0) is 68.1 Å². The molecule has 0 atom stereocenters. The van der Waals surface area contributed by atoms with Gasteiger partial charge < -0.3 is 10.1 Å². The Kier molecular flexibility index (Phi) is 12.2. The smallest absolute Gasteiger partial charge is 0.322 e. The number of hydrogen-bond acceptors (Lipinski definition) is 4. The maximum Gasteiger partial charge on any atom is 0.322 e. The monoisotopic (exact) mass is 510 g/mol. The summed E-state index contributed by atoms with van der Waals surface area (Å²) in [6.07, 6.45) is 12.0. The Labute approximate surface area is 221 Å². The van der Waals surface area contributed by atoms with Crippen LogP contribution in [0.4, 0.5) is 10.5 Å². The van der Waals surface area contributed by atoms with Gasteiger partial charge in [0.15, 0.2) is 0 Å². The molecule has 1 fully saturated rings. The molecule has 36 heavy (non-hydrogen) atoms. The van der Waals surface area contributed by atoms with E-state index < -0.39 is 0 Å². The summed E-state index contributed by atoms with van der Waals surface area (Å²) in [6.45, 7) is 5.18. The van der Waals surface area contributed by atoms with Gasteiger partial charge >= 0.3 is 12.0 Å². The minimum Gasteiger partial charge on any atom is -0.466 e. The Hall–Kier alpha value is -2.47. The fraction of sp³-hybridized carbons (Fsp3) is 0.533. The van der Waals surface area contributed by atoms with Crippen molar-refractivity contribution in [2.24, 2.45) is 0 Å². The summed E-state index contributed by atoms with van der Waals surface area (Å²) in [5.41, 5.74) is 1.89. The second-order valence-corrected chi connectivity index (χ2v) is 10.7. The summed E-state index contributed by atoms with van der Waals surface area (Å²) in [4.78, 5) is 29.2. The van der Waals surface area contributed by atoms with Gasteiger partial charge in [-0.2, -0.15) is 0 Å². The van der Waals surface area contributed by atoms with E-state index in [1.165, 1.54) is 38.5 Å². The van der Waals surface area contributed by atoms with Gasteiger partial charge in [-0.25, -0.2) is 4.79 Å². The second-order valence-electron chi connectivity index (χ2n) is 9.58. The molecule has 3 rings (SSSR count). The zero-order valence-corrected chi connectivity index (χ0v) is 22.8. The van der Waals surface area contributed by atoms with Crippen LogP contribution >= 0.6 is 11.8 Å². The normalized spacial score (nSPS) is 13.8. The maximum atomic E-state index is 13.3. The molecule has 196 valence electrons. The number of hydrogen-bond donors (Lipinski definition) is 1. The van der Waals surface area contributed by atoms with Crippen molar-refractivity contribution < 1.29 is 14.3 Å². The van der Waals surface area contributed by atoms with Gasteiger partial charge in [0.05, 0.1) is 13.0 Å². The van der Waals surface area contributed by atoms with E-state index in [1.807, 2.05) is 36.1 Å². The van der Waals surface area contributed by atoms with Crippen molar-refractivity contribution in [1.82, 2.24) is 5.32 Å². The summed E-state index contributed by atoms with van der Waals surface area (Å²) in [6, 6.07) is 16.6. The first kappa shape index (κ1) is 28.1. The highest BCUT2D eigenvalue weighted by Gasteiger charge is 2.21. The minimum absolute atomic E-state index is 0.0319. The molecule has 0 aromatic heterocycles. The van der Waals surface area contributed by atoms with E-state index in [-0.39, 0.29) is 18.4 Å². The van der Waals surface area contributed by atoms with E-state index in [0.29, 0.717) is 12.6 Å². The minimum atomic E-state index is -0.203. The van der Waals surface area contributed by atoms with Crippen molar-refractivity contribution in [2.75, 3.05) is 18.1 Å². The largest absolute Gasteiger partial charge is 0.466 e. The molecule has 0 bridgehead atoms. The average molecular weight is 511 g/mol. The molecule has 2 aromatic carbocycles. The molecule has 0 saturated heterocycles. The van der Waals surface area contributed by atoms with Gasteiger partial charge in [0.25, 0.3) is 0 Å². The highest BCUT2D eigenvalue weighted by Crippen LogP contribution is 2.30. The van der Waals surface area contributed by atoms with Crippen LogP contribution in [-0.4, -0.2) is 31.2 Å². The lowest BCUT2D eigenvalue weighted by atomic mass is 9.96. The van der Waals surface area contributed by atoms with E-state index in [1.54, 1.807) is 11.8 Å². The number of amides is 2. The van der Waals surface area contributed by atoms with Crippen LogP contribution in [0.5, 0.6) is 0 Å². The van der Waals surface area contributed by atoms with Crippen molar-refractivity contribution in [3.05, 3.63) is 54.1 Å². The van der Waals surface area contributed by atoms with Crippen LogP contribution < -0.4 is 10.2 Å². The number of anilines is 1. The Balaban J connectivity index is 1.64. The van der Waals surface area contributed by atoms with E-state index in [9.17, 15) is 9.59 Å². The van der Waals surface area contributed by atoms with Crippen molar-refractivity contribution in [3.8, 4) is 0 Å². The maximum absolute atomic E-state index is 13.3. The Bertz CT molecular complexity index is 941. The molecule has 2 aromatic rings. The van der Waals surface area contributed by atoms with E-state index in [4.69, 9.17) is 4.74 Å². The highest BCUT2D eigenvalue weighted by molar-refractivity contribution is 7.99. The third kappa shape index (κ3) is 9.53. The first-order valence-corrected chi connectivity index (χ1v) is 14.5. The van der Waals surface area contributed by atoms with Crippen LogP contribution in [0.2, 0.25) is 0 Å². The number of benzene rings is 2. The van der Waals surface area contributed by atoms with E-state index in [2.05, 4.69) is 36.5 Å². The standard InChI is InChI=1S/C30H42N2O3S/c1-3-5-6-7-11-21-32(30(34)31-25-14-9-8-10-15-25)26-17-19-27(20-18-26)36-28-16-12-13-24(22-28)23-29(33)35-4-2/h12-13,16-20,22,25H,3-11,14-15,21,23H2,1-2H3,(H,31,34). The van der Waals surface area contributed by atoms with E-state index >= 15 is 0 Å². The predicted molar refractivity (Wildman–Crippen MR) is 149 cm³/mol. The summed E-state index contributed by atoms with van der Waals surface area (Å²) in [5, 5.41) is 3.30. The lowest BCUT2D eigenvalue weighted by molar-refractivity contribution is -0.142. The number of rotatable bonds is 13. The van der Waals surface area contributed by atoms with Crippen LogP contribution in [0.15, 0.2) is 58.3 Å². The topological polar surface area (TPSA) is 58.6 Å². The molecule has 1 aliphatic carbocycles. The molecular weight excluding hydrogens is 468 g/mol. The number of esters is 1. The summed E-state index contributed by atoms with van der Waals surface area (Å²) in [5.74, 6) is -0.203. The van der Waals surface area contributed by atoms with E-state index in [0.717, 1.165) is 53.3 Å². The van der Waals surface area contributed by atoms with Crippen LogP contribution in [0.1, 0.15) is 83.6 Å². The number of carbonyl (C=O) groups is 2. The highest BCUT2D eigenvalue weighted by atomic mass is 32.2. The number of ether oxygens (including phenoxy) is 1. The molecule has 1 aliphatic rings. The summed E-state index contributed by atoms with van der Waals surface area (Å²) < 4.78 is 5.07. The van der Waals surface area contributed by atoms with Gasteiger partial charge in [-0.15, -0.1) is 0 Å². The molecule has 0 aliphatic heterocycles. The van der Waals surface area contributed by atoms with Gasteiger partial charge in [0.1, 0.15) is 0 Å². The molecule has 5 nitrogen and oxygen atoms in total. The second kappa shape index (κ2) is 15.6. The zero-order chi connectivity index (χ0) is 25.6. The molecule has 0 spiro atoms. The van der Waals surface area contributed by atoms with Crippen molar-refractivity contribution in [2.45, 2.75) is 100 Å². The number of urea groups is 1. The van der Waals surface area contributed by atoms with Crippen molar-refractivity contribution in [3.63, 3.8) is 0 Å². The quantitative estimate of drug-likeness (QED) is 0.221.